The van der Waals surface area contributed by atoms with Gasteiger partial charge in [-0.05, 0) is 37.8 Å². The molecular weight excluding hydrogens is 262 g/mol. The van der Waals surface area contributed by atoms with E-state index in [1.54, 1.807) is 7.11 Å². The van der Waals surface area contributed by atoms with Crippen LogP contribution in [0.5, 0.6) is 5.75 Å². The van der Waals surface area contributed by atoms with Crippen LogP contribution in [0.3, 0.4) is 0 Å². The second-order valence-electron chi connectivity index (χ2n) is 6.58. The zero-order valence-corrected chi connectivity index (χ0v) is 12.6. The Morgan fingerprint density at radius 3 is 2.71 bits per heavy atom. The number of ether oxygens (including phenoxy) is 1. The number of aromatic nitrogens is 2. The van der Waals surface area contributed by atoms with Gasteiger partial charge in [-0.15, -0.1) is 0 Å². The molecule has 4 nitrogen and oxygen atoms in total. The van der Waals surface area contributed by atoms with Crippen molar-refractivity contribution in [1.82, 2.24) is 9.55 Å². The Kier molecular flexibility index (Phi) is 2.96. The van der Waals surface area contributed by atoms with Crippen LogP contribution in [-0.4, -0.2) is 23.2 Å². The molecule has 2 aliphatic carbocycles. The Morgan fingerprint density at radius 1 is 1.33 bits per heavy atom. The Morgan fingerprint density at radius 2 is 2.10 bits per heavy atom. The normalized spacial score (nSPS) is 21.0. The molecule has 21 heavy (non-hydrogen) atoms. The summed E-state index contributed by atoms with van der Waals surface area (Å²) in [6.07, 6.45) is 7.44. The molecule has 0 radical (unpaired) electrons. The van der Waals surface area contributed by atoms with Gasteiger partial charge in [0.1, 0.15) is 11.6 Å². The van der Waals surface area contributed by atoms with E-state index in [1.165, 1.54) is 49.9 Å². The lowest BCUT2D eigenvalue weighted by molar-refractivity contribution is 0.406. The standard InChI is InChI=1S/C17H23N3O/c1-21-13-6-7-15-14(10-13)19-16(20(15)12-4-5-12)17(11-18)8-2-3-9-17/h6-7,10,12H,2-5,8-9,11,18H2,1H3. The van der Waals surface area contributed by atoms with Gasteiger partial charge in [-0.3, -0.25) is 0 Å². The molecule has 2 N–H and O–H groups in total. The highest BCUT2D eigenvalue weighted by atomic mass is 16.5. The number of hydrogen-bond donors (Lipinski definition) is 1. The van der Waals surface area contributed by atoms with E-state index in [2.05, 4.69) is 16.7 Å². The average Bonchev–Trinajstić information content (AvgIpc) is 3.12. The fourth-order valence-electron chi connectivity index (χ4n) is 3.85. The number of imidazole rings is 1. The Labute approximate surface area is 125 Å². The van der Waals surface area contributed by atoms with Gasteiger partial charge in [0.05, 0.1) is 18.1 Å². The number of nitrogens with zero attached hydrogens (tertiary/aromatic N) is 2. The molecule has 0 amide bonds. The van der Waals surface area contributed by atoms with E-state index < -0.39 is 0 Å². The number of hydrogen-bond acceptors (Lipinski definition) is 3. The second-order valence-corrected chi connectivity index (χ2v) is 6.58. The molecular formula is C17H23N3O. The summed E-state index contributed by atoms with van der Waals surface area (Å²) in [4.78, 5) is 5.01. The van der Waals surface area contributed by atoms with Gasteiger partial charge in [0, 0.05) is 24.1 Å². The van der Waals surface area contributed by atoms with Gasteiger partial charge in [0.25, 0.3) is 0 Å². The van der Waals surface area contributed by atoms with Crippen molar-refractivity contribution in [2.45, 2.75) is 50.0 Å². The molecule has 2 aliphatic rings. The van der Waals surface area contributed by atoms with Crippen molar-refractivity contribution in [3.63, 3.8) is 0 Å². The lowest BCUT2D eigenvalue weighted by Crippen LogP contribution is -2.35. The van der Waals surface area contributed by atoms with Crippen molar-refractivity contribution >= 4 is 11.0 Å². The van der Waals surface area contributed by atoms with Crippen LogP contribution < -0.4 is 10.5 Å². The highest BCUT2D eigenvalue weighted by Crippen LogP contribution is 2.46. The van der Waals surface area contributed by atoms with Crippen LogP contribution in [0.2, 0.25) is 0 Å². The van der Waals surface area contributed by atoms with Gasteiger partial charge in [0.15, 0.2) is 0 Å². The van der Waals surface area contributed by atoms with Gasteiger partial charge < -0.3 is 15.0 Å². The van der Waals surface area contributed by atoms with Crippen LogP contribution in [0.25, 0.3) is 11.0 Å². The minimum absolute atomic E-state index is 0.0921. The van der Waals surface area contributed by atoms with Crippen LogP contribution >= 0.6 is 0 Å². The molecule has 0 saturated heterocycles. The predicted molar refractivity (Wildman–Crippen MR) is 83.8 cm³/mol. The quantitative estimate of drug-likeness (QED) is 0.939. The predicted octanol–water partition coefficient (Wildman–Crippen LogP) is 3.15. The molecule has 0 spiro atoms. The van der Waals surface area contributed by atoms with Crippen molar-refractivity contribution in [3.8, 4) is 5.75 Å². The summed E-state index contributed by atoms with van der Waals surface area (Å²) < 4.78 is 7.83. The second kappa shape index (κ2) is 4.73. The highest BCUT2D eigenvalue weighted by molar-refractivity contribution is 5.78. The third kappa shape index (κ3) is 1.96. The first-order valence-electron chi connectivity index (χ1n) is 8.04. The van der Waals surface area contributed by atoms with Crippen molar-refractivity contribution in [3.05, 3.63) is 24.0 Å². The SMILES string of the molecule is COc1ccc2c(c1)nc(C1(CN)CCCC1)n2C1CC1. The summed E-state index contributed by atoms with van der Waals surface area (Å²) in [6, 6.07) is 6.87. The molecule has 1 aromatic heterocycles. The number of fused-ring (bicyclic) bond motifs is 1. The topological polar surface area (TPSA) is 53.1 Å². The van der Waals surface area contributed by atoms with Crippen LogP contribution in [0.15, 0.2) is 18.2 Å². The Hall–Kier alpha value is -1.55. The molecule has 4 heteroatoms. The molecule has 2 saturated carbocycles. The van der Waals surface area contributed by atoms with Gasteiger partial charge in [-0.25, -0.2) is 4.98 Å². The van der Waals surface area contributed by atoms with Gasteiger partial charge >= 0.3 is 0 Å². The molecule has 112 valence electrons. The molecule has 2 fully saturated rings. The molecule has 0 unspecified atom stereocenters. The maximum absolute atomic E-state index is 6.19. The van der Waals surface area contributed by atoms with Crippen molar-refractivity contribution in [2.75, 3.05) is 13.7 Å². The number of rotatable bonds is 4. The molecule has 0 aliphatic heterocycles. The molecule has 2 aromatic rings. The zero-order valence-electron chi connectivity index (χ0n) is 12.6. The van der Waals surface area contributed by atoms with E-state index >= 15 is 0 Å². The van der Waals surface area contributed by atoms with Crippen molar-refractivity contribution < 1.29 is 4.74 Å². The molecule has 4 rings (SSSR count). The van der Waals surface area contributed by atoms with E-state index in [4.69, 9.17) is 15.5 Å². The maximum atomic E-state index is 6.19. The fourth-order valence-corrected chi connectivity index (χ4v) is 3.85. The largest absolute Gasteiger partial charge is 0.497 e. The summed E-state index contributed by atoms with van der Waals surface area (Å²) >= 11 is 0. The smallest absolute Gasteiger partial charge is 0.121 e. The molecule has 0 atom stereocenters. The third-order valence-corrected chi connectivity index (χ3v) is 5.23. The first-order chi connectivity index (χ1) is 10.3. The third-order valence-electron chi connectivity index (χ3n) is 5.23. The van der Waals surface area contributed by atoms with E-state index in [1.807, 2.05) is 6.07 Å². The summed E-state index contributed by atoms with van der Waals surface area (Å²) in [6.45, 7) is 0.709. The molecule has 1 aromatic carbocycles. The lowest BCUT2D eigenvalue weighted by atomic mass is 9.85. The van der Waals surface area contributed by atoms with Crippen molar-refractivity contribution in [1.29, 1.82) is 0 Å². The summed E-state index contributed by atoms with van der Waals surface area (Å²) in [5.41, 5.74) is 8.58. The highest BCUT2D eigenvalue weighted by Gasteiger charge is 2.41. The fraction of sp³-hybridized carbons (Fsp3) is 0.588. The van der Waals surface area contributed by atoms with E-state index in [-0.39, 0.29) is 5.41 Å². The summed E-state index contributed by atoms with van der Waals surface area (Å²) in [7, 11) is 1.71. The van der Waals surface area contributed by atoms with Gasteiger partial charge in [-0.2, -0.15) is 0 Å². The minimum atomic E-state index is 0.0921. The maximum Gasteiger partial charge on any atom is 0.121 e. The van der Waals surface area contributed by atoms with E-state index in [9.17, 15) is 0 Å². The first kappa shape index (κ1) is 13.1. The van der Waals surface area contributed by atoms with Crippen LogP contribution in [0.1, 0.15) is 50.4 Å². The van der Waals surface area contributed by atoms with E-state index in [0.717, 1.165) is 11.3 Å². The van der Waals surface area contributed by atoms with E-state index in [0.29, 0.717) is 12.6 Å². The Bertz CT molecular complexity index is 666. The lowest BCUT2D eigenvalue weighted by Gasteiger charge is -2.27. The molecule has 0 bridgehead atoms. The summed E-state index contributed by atoms with van der Waals surface area (Å²) in [5.74, 6) is 2.11. The first-order valence-corrected chi connectivity index (χ1v) is 8.04. The van der Waals surface area contributed by atoms with Gasteiger partial charge in [-0.1, -0.05) is 12.8 Å². The Balaban J connectivity index is 1.92. The number of nitrogens with two attached hydrogens (primary N) is 1. The van der Waals surface area contributed by atoms with Crippen molar-refractivity contribution in [2.24, 2.45) is 5.73 Å². The van der Waals surface area contributed by atoms with Gasteiger partial charge in [0.2, 0.25) is 0 Å². The van der Waals surface area contributed by atoms with Crippen LogP contribution in [0, 0.1) is 0 Å². The number of methoxy groups -OCH3 is 1. The summed E-state index contributed by atoms with van der Waals surface area (Å²) in [5, 5.41) is 0. The van der Waals surface area contributed by atoms with Crippen LogP contribution in [0.4, 0.5) is 0 Å². The van der Waals surface area contributed by atoms with Crippen LogP contribution in [-0.2, 0) is 5.41 Å². The average molecular weight is 285 g/mol. The zero-order chi connectivity index (χ0) is 14.4. The minimum Gasteiger partial charge on any atom is -0.497 e. The number of benzene rings is 1. The monoisotopic (exact) mass is 285 g/mol. The molecule has 1 heterocycles.